The molecule has 0 spiro atoms. The van der Waals surface area contributed by atoms with E-state index in [2.05, 4.69) is 256 Å². The van der Waals surface area contributed by atoms with E-state index in [0.29, 0.717) is 0 Å². The minimum absolute atomic E-state index is 0.00806. The normalized spacial score (nSPS) is 20.4. The number of fused-ring (bicyclic) bond motifs is 6. The van der Waals surface area contributed by atoms with Crippen LogP contribution in [0.4, 0.5) is 45.5 Å². The molecule has 2 atom stereocenters. The van der Waals surface area contributed by atoms with E-state index in [1.165, 1.54) is 115 Å². The summed E-state index contributed by atoms with van der Waals surface area (Å²) in [6, 6.07) is 59.1. The molecule has 69 heavy (non-hydrogen) atoms. The van der Waals surface area contributed by atoms with Crippen LogP contribution in [0.25, 0.3) is 11.1 Å². The van der Waals surface area contributed by atoms with Gasteiger partial charge >= 0.3 is 0 Å². The minimum Gasteiger partial charge on any atom is -0.335 e. The van der Waals surface area contributed by atoms with Crippen LogP contribution >= 0.6 is 0 Å². The highest BCUT2D eigenvalue weighted by Gasteiger charge is 2.62. The van der Waals surface area contributed by atoms with Crippen molar-refractivity contribution in [2.75, 3.05) is 14.7 Å². The third-order valence-corrected chi connectivity index (χ3v) is 17.7. The lowest BCUT2D eigenvalue weighted by Crippen LogP contribution is -2.67. The van der Waals surface area contributed by atoms with Crippen molar-refractivity contribution in [1.29, 1.82) is 0 Å². The molecule has 0 bridgehead atoms. The molecule has 0 aromatic heterocycles. The largest absolute Gasteiger partial charge is 0.335 e. The zero-order valence-electron chi connectivity index (χ0n) is 43.7. The molecule has 0 N–H and O–H groups in total. The Morgan fingerprint density at radius 2 is 1.00 bits per heavy atom. The van der Waals surface area contributed by atoms with Crippen LogP contribution < -0.4 is 31.1 Å². The zero-order valence-corrected chi connectivity index (χ0v) is 43.7. The zero-order chi connectivity index (χ0) is 48.6. The van der Waals surface area contributed by atoms with Gasteiger partial charge in [-0.1, -0.05) is 187 Å². The molecule has 0 radical (unpaired) electrons. The summed E-state index contributed by atoms with van der Waals surface area (Å²) in [4.78, 5) is 8.06. The summed E-state index contributed by atoms with van der Waals surface area (Å²) in [5.41, 5.74) is 21.8. The highest BCUT2D eigenvalue weighted by atomic mass is 15.3. The summed E-state index contributed by atoms with van der Waals surface area (Å²) in [5.74, 6) is 0. The number of rotatable bonds is 4. The molecule has 0 saturated heterocycles. The van der Waals surface area contributed by atoms with E-state index < -0.39 is 0 Å². The van der Waals surface area contributed by atoms with Crippen molar-refractivity contribution in [3.8, 4) is 11.1 Å². The van der Waals surface area contributed by atoms with Gasteiger partial charge in [-0.05, 0) is 146 Å². The first-order valence-electron chi connectivity index (χ1n) is 25.9. The van der Waals surface area contributed by atoms with Crippen LogP contribution in [0, 0.1) is 5.41 Å². The molecule has 4 heteroatoms. The molecular weight excluding hydrogens is 834 g/mol. The van der Waals surface area contributed by atoms with Crippen molar-refractivity contribution in [1.82, 2.24) is 0 Å². The summed E-state index contributed by atoms with van der Waals surface area (Å²) in [7, 11) is 0. The number of nitrogens with zero attached hydrogens (tertiary/aromatic N) is 3. The highest BCUT2D eigenvalue weighted by molar-refractivity contribution is 7.00. The Morgan fingerprint density at radius 3 is 1.68 bits per heavy atom. The van der Waals surface area contributed by atoms with Gasteiger partial charge in [0.15, 0.2) is 0 Å². The Bertz CT molecular complexity index is 3140. The molecule has 7 aromatic rings. The third kappa shape index (κ3) is 6.81. The molecule has 1 saturated carbocycles. The smallest absolute Gasteiger partial charge is 0.252 e. The van der Waals surface area contributed by atoms with Gasteiger partial charge in [-0.2, -0.15) is 0 Å². The van der Waals surface area contributed by atoms with Crippen molar-refractivity contribution in [2.24, 2.45) is 5.41 Å². The van der Waals surface area contributed by atoms with Crippen LogP contribution in [0.15, 0.2) is 152 Å². The lowest BCUT2D eigenvalue weighted by atomic mass is 9.33. The minimum atomic E-state index is -0.129. The fourth-order valence-corrected chi connectivity index (χ4v) is 13.2. The Morgan fingerprint density at radius 1 is 0.435 bits per heavy atom. The fourth-order valence-electron chi connectivity index (χ4n) is 13.2. The standard InChI is InChI=1S/C65H72BN3/c1-60(2,3)44-29-32-47(33-30-44)67-56-42-48(69-54-27-19-17-25-50(54)63(10,11)64(12)37-21-22-38-65(64,69)13)34-35-52(56)66-51-26-18-20-28-55(51)68(58-41-46(62(7,8)9)40-57(67)59(58)66)53-36-31-45(61(4,5)6)39-49(53)43-23-15-14-16-24-43/h14-20,23-36,39-42H,21-22,37-38H2,1-13H3. The van der Waals surface area contributed by atoms with Gasteiger partial charge in [0.2, 0.25) is 0 Å². The van der Waals surface area contributed by atoms with Crippen LogP contribution in [0.2, 0.25) is 0 Å². The Balaban J connectivity index is 1.22. The van der Waals surface area contributed by atoms with Crippen molar-refractivity contribution < 1.29 is 0 Å². The first-order valence-corrected chi connectivity index (χ1v) is 25.9. The summed E-state index contributed by atoms with van der Waals surface area (Å²) < 4.78 is 0. The van der Waals surface area contributed by atoms with Crippen LogP contribution in [0.3, 0.4) is 0 Å². The Labute approximate surface area is 414 Å². The lowest BCUT2D eigenvalue weighted by molar-refractivity contribution is 0.0106. The van der Waals surface area contributed by atoms with Crippen LogP contribution in [-0.4, -0.2) is 12.3 Å². The van der Waals surface area contributed by atoms with Gasteiger partial charge in [-0.15, -0.1) is 0 Å². The van der Waals surface area contributed by atoms with Crippen molar-refractivity contribution in [3.05, 3.63) is 174 Å². The van der Waals surface area contributed by atoms with Gasteiger partial charge in [0.25, 0.3) is 6.71 Å². The van der Waals surface area contributed by atoms with E-state index in [-0.39, 0.29) is 39.3 Å². The van der Waals surface area contributed by atoms with Crippen LogP contribution in [0.1, 0.15) is 138 Å². The Kier molecular flexibility index (Phi) is 10.2. The van der Waals surface area contributed by atoms with Gasteiger partial charge in [0.1, 0.15) is 0 Å². The number of hydrogen-bond donors (Lipinski definition) is 0. The fraction of sp³-hybridized carbons (Fsp3) is 0.354. The maximum Gasteiger partial charge on any atom is 0.252 e. The van der Waals surface area contributed by atoms with E-state index in [1.54, 1.807) is 0 Å². The number of anilines is 8. The SMILES string of the molecule is CC(C)(C)c1ccc(N2c3cc(N4c5ccccc5C(C)(C)C5(C)CCCCC45C)ccc3B3c4ccccc4N(c4ccc(C(C)(C)C)cc4-c4ccccc4)c4cc(C(C)(C)C)cc2c43)cc1. The molecule has 350 valence electrons. The van der Waals surface area contributed by atoms with E-state index >= 15 is 0 Å². The van der Waals surface area contributed by atoms with Crippen molar-refractivity contribution in [3.63, 3.8) is 0 Å². The second kappa shape index (κ2) is 15.5. The third-order valence-electron chi connectivity index (χ3n) is 17.7. The molecular formula is C65H72BN3. The quantitative estimate of drug-likeness (QED) is 0.163. The maximum atomic E-state index is 2.79. The molecule has 3 heterocycles. The number of para-hydroxylation sites is 2. The van der Waals surface area contributed by atoms with Gasteiger partial charge < -0.3 is 14.7 Å². The van der Waals surface area contributed by atoms with E-state index in [1.807, 2.05) is 0 Å². The summed E-state index contributed by atoms with van der Waals surface area (Å²) >= 11 is 0. The van der Waals surface area contributed by atoms with Gasteiger partial charge in [-0.3, -0.25) is 0 Å². The van der Waals surface area contributed by atoms with Gasteiger partial charge in [-0.25, -0.2) is 0 Å². The molecule has 11 rings (SSSR count). The topological polar surface area (TPSA) is 9.72 Å². The average molecular weight is 906 g/mol. The predicted molar refractivity (Wildman–Crippen MR) is 299 cm³/mol. The molecule has 4 aliphatic rings. The number of benzene rings is 7. The summed E-state index contributed by atoms with van der Waals surface area (Å²) in [5, 5.41) is 0. The second-order valence-corrected chi connectivity index (χ2v) is 25.0. The molecule has 0 amide bonds. The molecule has 2 unspecified atom stereocenters. The van der Waals surface area contributed by atoms with Crippen molar-refractivity contribution >= 4 is 68.6 Å². The molecule has 3 aliphatic heterocycles. The summed E-state index contributed by atoms with van der Waals surface area (Å²) in [6.07, 6.45) is 4.88. The Hall–Kier alpha value is -6.00. The molecule has 7 aromatic carbocycles. The maximum absolute atomic E-state index is 2.79. The van der Waals surface area contributed by atoms with E-state index in [4.69, 9.17) is 0 Å². The lowest BCUT2D eigenvalue weighted by Gasteiger charge is -2.66. The highest BCUT2D eigenvalue weighted by Crippen LogP contribution is 2.65. The van der Waals surface area contributed by atoms with Crippen molar-refractivity contribution in [2.45, 2.75) is 143 Å². The summed E-state index contributed by atoms with van der Waals surface area (Å²) in [6.45, 7) is 31.3. The van der Waals surface area contributed by atoms with E-state index in [9.17, 15) is 0 Å². The van der Waals surface area contributed by atoms with Gasteiger partial charge in [0.05, 0.1) is 5.69 Å². The molecule has 1 aliphatic carbocycles. The monoisotopic (exact) mass is 906 g/mol. The first kappa shape index (κ1) is 45.4. The van der Waals surface area contributed by atoms with Gasteiger partial charge in [0, 0.05) is 56.3 Å². The van der Waals surface area contributed by atoms with Crippen LogP contribution in [-0.2, 0) is 21.7 Å². The second-order valence-electron chi connectivity index (χ2n) is 25.0. The van der Waals surface area contributed by atoms with E-state index in [0.717, 1.165) is 6.42 Å². The van der Waals surface area contributed by atoms with Crippen LogP contribution in [0.5, 0.6) is 0 Å². The average Bonchev–Trinajstić information content (AvgIpc) is 3.31. The number of hydrogen-bond acceptors (Lipinski definition) is 3. The molecule has 3 nitrogen and oxygen atoms in total. The predicted octanol–water partition coefficient (Wildman–Crippen LogP) is 16.1. The first-order chi connectivity index (χ1) is 32.6. The molecule has 1 fully saturated rings.